The smallest absolute Gasteiger partial charge is 0.0924 e. The minimum Gasteiger partial charge on any atom is -0.317 e. The maximum atomic E-state index is 4.47. The third-order valence-electron chi connectivity index (χ3n) is 4.20. The van der Waals surface area contributed by atoms with Crippen LogP contribution in [0.5, 0.6) is 0 Å². The number of hydrogen-bond donors (Lipinski definition) is 2. The van der Waals surface area contributed by atoms with Crippen molar-refractivity contribution in [3.8, 4) is 0 Å². The molecule has 1 fully saturated rings. The molecule has 0 aliphatic carbocycles. The van der Waals surface area contributed by atoms with Gasteiger partial charge in [0.15, 0.2) is 0 Å². The highest BCUT2D eigenvalue weighted by atomic mass is 15.1. The summed E-state index contributed by atoms with van der Waals surface area (Å²) < 4.78 is 0. The molecule has 1 saturated heterocycles. The Morgan fingerprint density at radius 3 is 2.58 bits per heavy atom. The molecule has 0 unspecified atom stereocenters. The fraction of sp³-hybridized carbons (Fsp3) is 0.562. The van der Waals surface area contributed by atoms with Gasteiger partial charge in [0.05, 0.1) is 5.52 Å². The van der Waals surface area contributed by atoms with E-state index < -0.39 is 0 Å². The topological polar surface area (TPSA) is 40.7 Å². The molecule has 19 heavy (non-hydrogen) atoms. The number of rotatable bonds is 1. The molecular formula is C16H23N3. The zero-order valence-corrected chi connectivity index (χ0v) is 12.1. The van der Waals surface area contributed by atoms with E-state index in [1.54, 1.807) is 0 Å². The van der Waals surface area contributed by atoms with Crippen LogP contribution in [0.15, 0.2) is 18.2 Å². The maximum Gasteiger partial charge on any atom is 0.0924 e. The summed E-state index contributed by atoms with van der Waals surface area (Å²) in [4.78, 5) is 0. The molecule has 3 heteroatoms. The molecule has 0 amide bonds. The first-order valence-electron chi connectivity index (χ1n) is 7.25. The summed E-state index contributed by atoms with van der Waals surface area (Å²) in [6.45, 7) is 9.02. The molecule has 3 nitrogen and oxygen atoms in total. The largest absolute Gasteiger partial charge is 0.317 e. The Morgan fingerprint density at radius 2 is 1.89 bits per heavy atom. The second kappa shape index (κ2) is 4.64. The molecule has 0 atom stereocenters. The van der Waals surface area contributed by atoms with Crippen LogP contribution < -0.4 is 5.32 Å². The molecule has 2 aromatic rings. The lowest BCUT2D eigenvalue weighted by Gasteiger charge is -2.22. The van der Waals surface area contributed by atoms with Crippen LogP contribution in [0, 0.1) is 0 Å². The van der Waals surface area contributed by atoms with Gasteiger partial charge < -0.3 is 5.32 Å². The summed E-state index contributed by atoms with van der Waals surface area (Å²) in [6.07, 6.45) is 2.41. The molecule has 3 rings (SSSR count). The minimum atomic E-state index is 0.191. The van der Waals surface area contributed by atoms with Crippen molar-refractivity contribution in [3.05, 3.63) is 29.5 Å². The number of nitrogens with one attached hydrogen (secondary N) is 2. The number of H-pyrrole nitrogens is 1. The third kappa shape index (κ3) is 2.39. The highest BCUT2D eigenvalue weighted by molar-refractivity contribution is 5.82. The highest BCUT2D eigenvalue weighted by Gasteiger charge is 2.21. The van der Waals surface area contributed by atoms with Crippen molar-refractivity contribution >= 4 is 10.9 Å². The van der Waals surface area contributed by atoms with Crippen molar-refractivity contribution in [1.82, 2.24) is 15.5 Å². The third-order valence-corrected chi connectivity index (χ3v) is 4.20. The van der Waals surface area contributed by atoms with Crippen LogP contribution in [0.3, 0.4) is 0 Å². The number of benzene rings is 1. The lowest BCUT2D eigenvalue weighted by Crippen LogP contribution is -2.26. The molecule has 0 radical (unpaired) electrons. The molecule has 1 aromatic carbocycles. The molecule has 2 N–H and O–H groups in total. The molecule has 1 aliphatic rings. The van der Waals surface area contributed by atoms with Gasteiger partial charge in [-0.1, -0.05) is 26.8 Å². The predicted octanol–water partition coefficient (Wildman–Crippen LogP) is 3.33. The summed E-state index contributed by atoms with van der Waals surface area (Å²) in [7, 11) is 0. The second-order valence-corrected chi connectivity index (χ2v) is 6.64. The molecule has 0 saturated carbocycles. The van der Waals surface area contributed by atoms with Gasteiger partial charge in [-0.25, -0.2) is 0 Å². The van der Waals surface area contributed by atoms with Gasteiger partial charge in [-0.15, -0.1) is 0 Å². The Balaban J connectivity index is 2.05. The second-order valence-electron chi connectivity index (χ2n) is 6.64. The monoisotopic (exact) mass is 257 g/mol. The molecule has 0 spiro atoms. The van der Waals surface area contributed by atoms with E-state index in [1.165, 1.54) is 29.5 Å². The fourth-order valence-electron chi connectivity index (χ4n) is 2.92. The molecule has 2 heterocycles. The van der Waals surface area contributed by atoms with Crippen LogP contribution in [0.25, 0.3) is 10.9 Å². The first-order valence-corrected chi connectivity index (χ1v) is 7.25. The normalized spacial score (nSPS) is 18.1. The first kappa shape index (κ1) is 12.7. The molecular weight excluding hydrogens is 234 g/mol. The Kier molecular flexibility index (Phi) is 3.09. The van der Waals surface area contributed by atoms with E-state index in [4.69, 9.17) is 0 Å². The highest BCUT2D eigenvalue weighted by Crippen LogP contribution is 2.32. The Hall–Kier alpha value is -1.35. The van der Waals surface area contributed by atoms with Crippen LogP contribution in [0.1, 0.15) is 50.8 Å². The summed E-state index contributed by atoms with van der Waals surface area (Å²) >= 11 is 0. The van der Waals surface area contributed by atoms with Crippen molar-refractivity contribution in [2.24, 2.45) is 0 Å². The van der Waals surface area contributed by atoms with Crippen LogP contribution in [0.4, 0.5) is 0 Å². The van der Waals surface area contributed by atoms with Gasteiger partial charge >= 0.3 is 0 Å². The van der Waals surface area contributed by atoms with E-state index in [9.17, 15) is 0 Å². The summed E-state index contributed by atoms with van der Waals surface area (Å²) in [5.74, 6) is 0.626. The molecule has 1 aliphatic heterocycles. The van der Waals surface area contributed by atoms with Gasteiger partial charge in [0.1, 0.15) is 0 Å². The average Bonchev–Trinajstić information content (AvgIpc) is 2.81. The number of aromatic nitrogens is 2. The van der Waals surface area contributed by atoms with E-state index in [2.05, 4.69) is 54.5 Å². The predicted molar refractivity (Wildman–Crippen MR) is 79.6 cm³/mol. The Bertz CT molecular complexity index is 571. The van der Waals surface area contributed by atoms with Crippen molar-refractivity contribution in [2.45, 2.75) is 44.9 Å². The van der Waals surface area contributed by atoms with Gasteiger partial charge in [-0.2, -0.15) is 5.10 Å². The van der Waals surface area contributed by atoms with E-state index in [1.807, 2.05) is 0 Å². The lowest BCUT2D eigenvalue weighted by atomic mass is 9.85. The van der Waals surface area contributed by atoms with E-state index in [-0.39, 0.29) is 5.41 Å². The molecule has 1 aromatic heterocycles. The number of nitrogens with zero attached hydrogens (tertiary/aromatic N) is 1. The summed E-state index contributed by atoms with van der Waals surface area (Å²) in [5, 5.41) is 12.5. The zero-order valence-electron chi connectivity index (χ0n) is 12.1. The lowest BCUT2D eigenvalue weighted by molar-refractivity contribution is 0.454. The van der Waals surface area contributed by atoms with E-state index in [0.717, 1.165) is 18.6 Å². The summed E-state index contributed by atoms with van der Waals surface area (Å²) in [5.41, 5.74) is 4.01. The fourth-order valence-corrected chi connectivity index (χ4v) is 2.92. The van der Waals surface area contributed by atoms with Crippen molar-refractivity contribution in [2.75, 3.05) is 13.1 Å². The van der Waals surface area contributed by atoms with Gasteiger partial charge in [0.25, 0.3) is 0 Å². The maximum absolute atomic E-state index is 4.47. The Morgan fingerprint density at radius 1 is 1.16 bits per heavy atom. The summed E-state index contributed by atoms with van der Waals surface area (Å²) in [6, 6.07) is 6.68. The standard InChI is InChI=1S/C16H23N3/c1-16(2,3)12-4-5-14-13(10-12)15(19-18-14)11-6-8-17-9-7-11/h4-5,10-11,17H,6-9H2,1-3H3,(H,18,19). The van der Waals surface area contributed by atoms with Crippen LogP contribution in [0.2, 0.25) is 0 Å². The molecule has 0 bridgehead atoms. The zero-order chi connectivity index (χ0) is 13.5. The van der Waals surface area contributed by atoms with Gasteiger partial charge in [-0.3, -0.25) is 5.10 Å². The van der Waals surface area contributed by atoms with Crippen molar-refractivity contribution in [3.63, 3.8) is 0 Å². The molecule has 102 valence electrons. The van der Waals surface area contributed by atoms with Crippen molar-refractivity contribution in [1.29, 1.82) is 0 Å². The van der Waals surface area contributed by atoms with Gasteiger partial charge in [-0.05, 0) is 49.0 Å². The minimum absolute atomic E-state index is 0.191. The first-order chi connectivity index (χ1) is 9.05. The van der Waals surface area contributed by atoms with Gasteiger partial charge in [0, 0.05) is 17.0 Å². The number of fused-ring (bicyclic) bond motifs is 1. The Labute approximate surface area is 114 Å². The number of aromatic amines is 1. The quantitative estimate of drug-likeness (QED) is 0.822. The van der Waals surface area contributed by atoms with Crippen LogP contribution in [-0.4, -0.2) is 23.3 Å². The number of hydrogen-bond acceptors (Lipinski definition) is 2. The average molecular weight is 257 g/mol. The van der Waals surface area contributed by atoms with Crippen molar-refractivity contribution < 1.29 is 0 Å². The van der Waals surface area contributed by atoms with E-state index >= 15 is 0 Å². The number of piperidine rings is 1. The van der Waals surface area contributed by atoms with E-state index in [0.29, 0.717) is 5.92 Å². The SMILES string of the molecule is CC(C)(C)c1ccc2n[nH]c(C3CCNCC3)c2c1. The van der Waals surface area contributed by atoms with Gasteiger partial charge in [0.2, 0.25) is 0 Å². The van der Waals surface area contributed by atoms with Crippen LogP contribution in [-0.2, 0) is 5.41 Å². The van der Waals surface area contributed by atoms with Crippen LogP contribution >= 0.6 is 0 Å².